The molecule has 0 atom stereocenters. The van der Waals surface area contributed by atoms with Crippen molar-refractivity contribution in [2.75, 3.05) is 18.0 Å². The van der Waals surface area contributed by atoms with Crippen molar-refractivity contribution in [3.05, 3.63) is 53.3 Å². The van der Waals surface area contributed by atoms with E-state index in [2.05, 4.69) is 18.7 Å². The maximum Gasteiger partial charge on any atom is 0.196 e. The van der Waals surface area contributed by atoms with Gasteiger partial charge in [-0.15, -0.1) is 0 Å². The fourth-order valence-electron chi connectivity index (χ4n) is 3.41. The molecule has 0 unspecified atom stereocenters. The summed E-state index contributed by atoms with van der Waals surface area (Å²) in [6.45, 7) is 5.83. The molecule has 0 N–H and O–H groups in total. The molecule has 0 heterocycles. The minimum absolute atomic E-state index is 0.0481. The Morgan fingerprint density at radius 1 is 0.875 bits per heavy atom. The summed E-state index contributed by atoms with van der Waals surface area (Å²) in [4.78, 5) is 15.0. The number of rotatable bonds is 7. The molecular weight excluding hydrogens is 301 g/mol. The number of ketones is 1. The van der Waals surface area contributed by atoms with Crippen LogP contribution in [-0.2, 0) is 0 Å². The van der Waals surface area contributed by atoms with E-state index in [-0.39, 0.29) is 11.6 Å². The second-order valence-corrected chi connectivity index (χ2v) is 6.39. The highest BCUT2D eigenvalue weighted by atomic mass is 19.1. The molecule has 1 aliphatic carbocycles. The molecule has 24 heavy (non-hydrogen) atoms. The quantitative estimate of drug-likeness (QED) is 0.576. The van der Waals surface area contributed by atoms with Crippen molar-refractivity contribution in [1.29, 1.82) is 0 Å². The van der Waals surface area contributed by atoms with E-state index in [1.807, 2.05) is 24.3 Å². The Kier molecular flexibility index (Phi) is 4.98. The molecule has 0 radical (unpaired) electrons. The molecule has 2 nitrogen and oxygen atoms in total. The third-order valence-electron chi connectivity index (χ3n) is 4.70. The Morgan fingerprint density at radius 2 is 1.50 bits per heavy atom. The zero-order chi connectivity index (χ0) is 17.1. The lowest BCUT2D eigenvalue weighted by Gasteiger charge is -2.27. The molecule has 126 valence electrons. The number of halogens is 1. The standard InChI is InChI=1S/C21H24FNO/c1-3-5-13-23(14-6-4-2)20-18(22)12-11-16-15-9-7-8-10-17(15)21(24)19(16)20/h7-12H,3-6,13-14H2,1-2H3. The number of anilines is 1. The van der Waals surface area contributed by atoms with Crippen LogP contribution in [0.1, 0.15) is 55.5 Å². The Balaban J connectivity index is 2.10. The maximum atomic E-state index is 14.8. The van der Waals surface area contributed by atoms with E-state index in [1.165, 1.54) is 6.07 Å². The molecule has 2 aromatic rings. The third kappa shape index (κ3) is 2.83. The number of hydrogen-bond donors (Lipinski definition) is 0. The van der Waals surface area contributed by atoms with E-state index >= 15 is 0 Å². The average Bonchev–Trinajstić information content (AvgIpc) is 2.89. The SMILES string of the molecule is CCCCN(CCCC)c1c(F)ccc2c1C(=O)c1ccccc1-2. The first-order valence-corrected chi connectivity index (χ1v) is 8.90. The third-order valence-corrected chi connectivity index (χ3v) is 4.70. The van der Waals surface area contributed by atoms with Crippen LogP contribution in [0.4, 0.5) is 10.1 Å². The molecule has 0 bridgehead atoms. The molecule has 0 spiro atoms. The highest BCUT2D eigenvalue weighted by Crippen LogP contribution is 2.42. The molecule has 0 fully saturated rings. The average molecular weight is 325 g/mol. The van der Waals surface area contributed by atoms with E-state index in [4.69, 9.17) is 0 Å². The molecule has 0 aromatic heterocycles. The summed E-state index contributed by atoms with van der Waals surface area (Å²) in [5, 5.41) is 0. The van der Waals surface area contributed by atoms with Gasteiger partial charge in [-0.25, -0.2) is 4.39 Å². The van der Waals surface area contributed by atoms with Gasteiger partial charge in [-0.3, -0.25) is 4.79 Å². The number of benzene rings is 2. The van der Waals surface area contributed by atoms with Crippen molar-refractivity contribution < 1.29 is 9.18 Å². The second kappa shape index (κ2) is 7.16. The lowest BCUT2D eigenvalue weighted by atomic mass is 10.0. The van der Waals surface area contributed by atoms with E-state index in [0.717, 1.165) is 49.9 Å². The molecule has 0 aliphatic heterocycles. The molecule has 1 aliphatic rings. The van der Waals surface area contributed by atoms with Crippen LogP contribution in [-0.4, -0.2) is 18.9 Å². The van der Waals surface area contributed by atoms with E-state index in [0.29, 0.717) is 16.8 Å². The minimum atomic E-state index is -0.290. The van der Waals surface area contributed by atoms with E-state index in [9.17, 15) is 9.18 Å². The van der Waals surface area contributed by atoms with Gasteiger partial charge in [-0.2, -0.15) is 0 Å². The molecular formula is C21H24FNO. The fourth-order valence-corrected chi connectivity index (χ4v) is 3.41. The monoisotopic (exact) mass is 325 g/mol. The summed E-state index contributed by atoms with van der Waals surface area (Å²) in [5.74, 6) is -0.338. The highest BCUT2D eigenvalue weighted by Gasteiger charge is 2.32. The molecule has 0 amide bonds. The molecule has 3 rings (SSSR count). The fraction of sp³-hybridized carbons (Fsp3) is 0.381. The summed E-state index contributed by atoms with van der Waals surface area (Å²) in [7, 11) is 0. The van der Waals surface area contributed by atoms with Gasteiger partial charge in [0, 0.05) is 18.7 Å². The van der Waals surface area contributed by atoms with Gasteiger partial charge in [-0.05, 0) is 30.0 Å². The van der Waals surface area contributed by atoms with Crippen LogP contribution in [0.3, 0.4) is 0 Å². The maximum absolute atomic E-state index is 14.8. The van der Waals surface area contributed by atoms with Crippen molar-refractivity contribution >= 4 is 11.5 Å². The number of fused-ring (bicyclic) bond motifs is 3. The Labute approximate surface area is 143 Å². The van der Waals surface area contributed by atoms with Crippen LogP contribution >= 0.6 is 0 Å². The first-order chi connectivity index (χ1) is 11.7. The Hall–Kier alpha value is -2.16. The number of unbranched alkanes of at least 4 members (excludes halogenated alkanes) is 2. The van der Waals surface area contributed by atoms with Gasteiger partial charge in [-0.1, -0.05) is 57.0 Å². The summed E-state index contributed by atoms with van der Waals surface area (Å²) >= 11 is 0. The Morgan fingerprint density at radius 3 is 2.12 bits per heavy atom. The topological polar surface area (TPSA) is 20.3 Å². The van der Waals surface area contributed by atoms with E-state index in [1.54, 1.807) is 6.07 Å². The predicted molar refractivity (Wildman–Crippen MR) is 97.3 cm³/mol. The Bertz CT molecular complexity index is 745. The number of carbonyl (C=O) groups is 1. The van der Waals surface area contributed by atoms with Crippen molar-refractivity contribution in [2.45, 2.75) is 39.5 Å². The van der Waals surface area contributed by atoms with Gasteiger partial charge < -0.3 is 4.90 Å². The van der Waals surface area contributed by atoms with Crippen molar-refractivity contribution in [1.82, 2.24) is 0 Å². The zero-order valence-corrected chi connectivity index (χ0v) is 14.4. The lowest BCUT2D eigenvalue weighted by Crippen LogP contribution is -2.28. The van der Waals surface area contributed by atoms with Gasteiger partial charge in [0.2, 0.25) is 0 Å². The van der Waals surface area contributed by atoms with Gasteiger partial charge in [0.25, 0.3) is 0 Å². The largest absolute Gasteiger partial charge is 0.369 e. The zero-order valence-electron chi connectivity index (χ0n) is 14.4. The first-order valence-electron chi connectivity index (χ1n) is 8.90. The molecule has 3 heteroatoms. The van der Waals surface area contributed by atoms with Crippen molar-refractivity contribution in [3.63, 3.8) is 0 Å². The van der Waals surface area contributed by atoms with Crippen LogP contribution in [0.2, 0.25) is 0 Å². The summed E-state index contributed by atoms with van der Waals surface area (Å²) in [6.07, 6.45) is 4.09. The highest BCUT2D eigenvalue weighted by molar-refractivity contribution is 6.24. The second-order valence-electron chi connectivity index (χ2n) is 6.39. The number of hydrogen-bond acceptors (Lipinski definition) is 2. The summed E-state index contributed by atoms with van der Waals surface area (Å²) in [6, 6.07) is 10.8. The van der Waals surface area contributed by atoms with Crippen LogP contribution in [0.5, 0.6) is 0 Å². The first kappa shape index (κ1) is 16.7. The van der Waals surface area contributed by atoms with Gasteiger partial charge in [0.05, 0.1) is 11.3 Å². The summed E-state index contributed by atoms with van der Waals surface area (Å²) < 4.78 is 14.8. The summed E-state index contributed by atoms with van der Waals surface area (Å²) in [5.41, 5.74) is 3.51. The predicted octanol–water partition coefficient (Wildman–Crippen LogP) is 5.44. The normalized spacial score (nSPS) is 12.2. The van der Waals surface area contributed by atoms with Crippen LogP contribution in [0, 0.1) is 5.82 Å². The lowest BCUT2D eigenvalue weighted by molar-refractivity contribution is 0.104. The number of carbonyl (C=O) groups excluding carboxylic acids is 1. The van der Waals surface area contributed by atoms with Gasteiger partial charge in [0.15, 0.2) is 5.78 Å². The van der Waals surface area contributed by atoms with Gasteiger partial charge in [0.1, 0.15) is 5.82 Å². The number of nitrogens with zero attached hydrogens (tertiary/aromatic N) is 1. The molecule has 2 aromatic carbocycles. The minimum Gasteiger partial charge on any atom is -0.369 e. The van der Waals surface area contributed by atoms with Crippen molar-refractivity contribution in [2.24, 2.45) is 0 Å². The van der Waals surface area contributed by atoms with Crippen LogP contribution in [0.25, 0.3) is 11.1 Å². The molecule has 0 saturated heterocycles. The molecule has 0 saturated carbocycles. The van der Waals surface area contributed by atoms with Crippen molar-refractivity contribution in [3.8, 4) is 11.1 Å². The van der Waals surface area contributed by atoms with Gasteiger partial charge >= 0.3 is 0 Å². The van der Waals surface area contributed by atoms with Crippen LogP contribution < -0.4 is 4.90 Å². The smallest absolute Gasteiger partial charge is 0.196 e. The van der Waals surface area contributed by atoms with E-state index < -0.39 is 0 Å². The van der Waals surface area contributed by atoms with Crippen LogP contribution in [0.15, 0.2) is 36.4 Å².